The van der Waals surface area contributed by atoms with Crippen molar-refractivity contribution in [1.29, 1.82) is 0 Å². The van der Waals surface area contributed by atoms with Crippen LogP contribution in [0.4, 0.5) is 19.0 Å². The number of piperazine rings is 1. The second-order valence-electron chi connectivity index (χ2n) is 5.55. The molecule has 0 aliphatic carbocycles. The number of amides is 1. The lowest BCUT2D eigenvalue weighted by atomic mass is 10.2. The molecule has 1 aromatic carbocycles. The minimum absolute atomic E-state index is 0.152. The molecule has 3 rings (SSSR count). The second kappa shape index (κ2) is 6.87. The van der Waals surface area contributed by atoms with Crippen LogP contribution < -0.4 is 4.90 Å². The van der Waals surface area contributed by atoms with Crippen molar-refractivity contribution in [2.75, 3.05) is 31.1 Å². The minimum atomic E-state index is -4.51. The lowest BCUT2D eigenvalue weighted by Gasteiger charge is -2.35. The van der Waals surface area contributed by atoms with Crippen molar-refractivity contribution in [3.8, 4) is 0 Å². The predicted octanol–water partition coefficient (Wildman–Crippen LogP) is 3.11. The molecule has 132 valence electrons. The van der Waals surface area contributed by atoms with Crippen molar-refractivity contribution in [3.05, 3.63) is 52.9 Å². The molecule has 0 radical (unpaired) electrons. The molecule has 1 fully saturated rings. The van der Waals surface area contributed by atoms with E-state index >= 15 is 0 Å². The summed E-state index contributed by atoms with van der Waals surface area (Å²) in [5.74, 6) is 0.0537. The molecule has 1 aromatic heterocycles. The molecule has 1 amide bonds. The smallest absolute Gasteiger partial charge is 0.353 e. The first-order valence-electron chi connectivity index (χ1n) is 7.53. The Balaban J connectivity index is 1.67. The number of benzene rings is 1. The van der Waals surface area contributed by atoms with Gasteiger partial charge in [-0.1, -0.05) is 17.7 Å². The van der Waals surface area contributed by atoms with Gasteiger partial charge in [0.15, 0.2) is 0 Å². The predicted molar refractivity (Wildman–Crippen MR) is 86.6 cm³/mol. The largest absolute Gasteiger partial charge is 0.433 e. The number of halogens is 4. The third-order valence-corrected chi connectivity index (χ3v) is 4.14. The van der Waals surface area contributed by atoms with Crippen LogP contribution in [0.2, 0.25) is 5.02 Å². The van der Waals surface area contributed by atoms with Crippen molar-refractivity contribution in [2.24, 2.45) is 0 Å². The van der Waals surface area contributed by atoms with Gasteiger partial charge in [0.25, 0.3) is 5.91 Å². The third kappa shape index (κ3) is 4.01. The maximum atomic E-state index is 12.8. The van der Waals surface area contributed by atoms with Crippen molar-refractivity contribution in [3.63, 3.8) is 0 Å². The van der Waals surface area contributed by atoms with Gasteiger partial charge in [-0.3, -0.25) is 4.79 Å². The molecule has 0 bridgehead atoms. The van der Waals surface area contributed by atoms with E-state index in [2.05, 4.69) is 9.97 Å². The standard InChI is InChI=1S/C16H14ClF3N4O/c17-12-3-1-2-11(8-12)15(25)24-6-4-23(5-7-24)14-9-13(16(18,19)20)21-10-22-14/h1-3,8-10H,4-7H2. The van der Waals surface area contributed by atoms with Crippen LogP contribution in [0.5, 0.6) is 0 Å². The van der Waals surface area contributed by atoms with Gasteiger partial charge < -0.3 is 9.80 Å². The first-order chi connectivity index (χ1) is 11.8. The number of nitrogens with zero attached hydrogens (tertiary/aromatic N) is 4. The molecule has 9 heteroatoms. The van der Waals surface area contributed by atoms with E-state index in [9.17, 15) is 18.0 Å². The Labute approximate surface area is 147 Å². The Morgan fingerprint density at radius 3 is 2.44 bits per heavy atom. The number of rotatable bonds is 2. The Morgan fingerprint density at radius 2 is 1.80 bits per heavy atom. The monoisotopic (exact) mass is 370 g/mol. The molecule has 5 nitrogen and oxygen atoms in total. The fraction of sp³-hybridized carbons (Fsp3) is 0.312. The van der Waals surface area contributed by atoms with Gasteiger partial charge in [-0.05, 0) is 18.2 Å². The van der Waals surface area contributed by atoms with E-state index in [1.807, 2.05) is 0 Å². The summed E-state index contributed by atoms with van der Waals surface area (Å²) in [6, 6.07) is 7.58. The lowest BCUT2D eigenvalue weighted by molar-refractivity contribution is -0.141. The van der Waals surface area contributed by atoms with E-state index in [4.69, 9.17) is 11.6 Å². The fourth-order valence-corrected chi connectivity index (χ4v) is 2.81. The van der Waals surface area contributed by atoms with Crippen LogP contribution in [0, 0.1) is 0 Å². The normalized spacial score (nSPS) is 15.4. The first kappa shape index (κ1) is 17.5. The lowest BCUT2D eigenvalue weighted by Crippen LogP contribution is -2.49. The summed E-state index contributed by atoms with van der Waals surface area (Å²) in [7, 11) is 0. The zero-order chi connectivity index (χ0) is 18.0. The highest BCUT2D eigenvalue weighted by atomic mass is 35.5. The van der Waals surface area contributed by atoms with E-state index in [0.29, 0.717) is 36.8 Å². The minimum Gasteiger partial charge on any atom is -0.353 e. The maximum Gasteiger partial charge on any atom is 0.433 e. The molecule has 1 aliphatic heterocycles. The van der Waals surface area contributed by atoms with Crippen LogP contribution in [0.1, 0.15) is 16.1 Å². The molecular formula is C16H14ClF3N4O. The van der Waals surface area contributed by atoms with E-state index in [1.165, 1.54) is 0 Å². The van der Waals surface area contributed by atoms with Gasteiger partial charge in [-0.25, -0.2) is 9.97 Å². The number of anilines is 1. The number of aromatic nitrogens is 2. The highest BCUT2D eigenvalue weighted by Gasteiger charge is 2.33. The Morgan fingerprint density at radius 1 is 1.08 bits per heavy atom. The summed E-state index contributed by atoms with van der Waals surface area (Å²) in [6.07, 6.45) is -3.61. The van der Waals surface area contributed by atoms with Gasteiger partial charge in [-0.15, -0.1) is 0 Å². The van der Waals surface area contributed by atoms with Crippen LogP contribution >= 0.6 is 11.6 Å². The van der Waals surface area contributed by atoms with Crippen molar-refractivity contribution < 1.29 is 18.0 Å². The molecule has 0 spiro atoms. The first-order valence-corrected chi connectivity index (χ1v) is 7.91. The average Bonchev–Trinajstić information content (AvgIpc) is 2.61. The van der Waals surface area contributed by atoms with Crippen molar-refractivity contribution in [2.45, 2.75) is 6.18 Å². The summed E-state index contributed by atoms with van der Waals surface area (Å²) in [6.45, 7) is 1.55. The molecule has 0 N–H and O–H groups in total. The van der Waals surface area contributed by atoms with Gasteiger partial charge in [0.2, 0.25) is 0 Å². The van der Waals surface area contributed by atoms with Gasteiger partial charge >= 0.3 is 6.18 Å². The van der Waals surface area contributed by atoms with Gasteiger partial charge in [-0.2, -0.15) is 13.2 Å². The Bertz CT molecular complexity index is 776. The summed E-state index contributed by atoms with van der Waals surface area (Å²) in [5.41, 5.74) is -0.489. The maximum absolute atomic E-state index is 12.8. The summed E-state index contributed by atoms with van der Waals surface area (Å²) >= 11 is 5.90. The summed E-state index contributed by atoms with van der Waals surface area (Å²) < 4.78 is 38.3. The van der Waals surface area contributed by atoms with Crippen LogP contribution in [-0.2, 0) is 6.18 Å². The van der Waals surface area contributed by atoms with Crippen LogP contribution in [-0.4, -0.2) is 47.0 Å². The highest BCUT2D eigenvalue weighted by Crippen LogP contribution is 2.29. The zero-order valence-electron chi connectivity index (χ0n) is 13.0. The highest BCUT2D eigenvalue weighted by molar-refractivity contribution is 6.30. The number of carbonyl (C=O) groups excluding carboxylic acids is 1. The molecule has 1 saturated heterocycles. The van der Waals surface area contributed by atoms with Crippen molar-refractivity contribution >= 4 is 23.3 Å². The molecule has 2 aromatic rings. The topological polar surface area (TPSA) is 49.3 Å². The van der Waals surface area contributed by atoms with Gasteiger partial charge in [0, 0.05) is 42.8 Å². The van der Waals surface area contributed by atoms with Crippen LogP contribution in [0.15, 0.2) is 36.7 Å². The number of hydrogen-bond donors (Lipinski definition) is 0. The second-order valence-corrected chi connectivity index (χ2v) is 5.99. The SMILES string of the molecule is O=C(c1cccc(Cl)c1)N1CCN(c2cc(C(F)(F)F)ncn2)CC1. The fourth-order valence-electron chi connectivity index (χ4n) is 2.62. The Kier molecular flexibility index (Phi) is 4.80. The van der Waals surface area contributed by atoms with Crippen LogP contribution in [0.3, 0.4) is 0 Å². The zero-order valence-corrected chi connectivity index (χ0v) is 13.8. The summed E-state index contributed by atoms with van der Waals surface area (Å²) in [4.78, 5) is 23.0. The van der Waals surface area contributed by atoms with E-state index < -0.39 is 11.9 Å². The van der Waals surface area contributed by atoms with E-state index in [1.54, 1.807) is 34.1 Å². The van der Waals surface area contributed by atoms with Crippen LogP contribution in [0.25, 0.3) is 0 Å². The van der Waals surface area contributed by atoms with Gasteiger partial charge in [0.05, 0.1) is 0 Å². The quantitative estimate of drug-likeness (QED) is 0.815. The molecular weight excluding hydrogens is 357 g/mol. The third-order valence-electron chi connectivity index (χ3n) is 3.91. The van der Waals surface area contributed by atoms with E-state index in [0.717, 1.165) is 12.4 Å². The molecule has 0 unspecified atom stereocenters. The average molecular weight is 371 g/mol. The van der Waals surface area contributed by atoms with E-state index in [-0.39, 0.29) is 11.7 Å². The molecule has 1 aliphatic rings. The van der Waals surface area contributed by atoms with Gasteiger partial charge in [0.1, 0.15) is 17.8 Å². The number of carbonyl (C=O) groups is 1. The number of hydrogen-bond acceptors (Lipinski definition) is 4. The molecule has 0 atom stereocenters. The molecule has 2 heterocycles. The van der Waals surface area contributed by atoms with Crippen molar-refractivity contribution in [1.82, 2.24) is 14.9 Å². The molecule has 25 heavy (non-hydrogen) atoms. The Hall–Kier alpha value is -2.35. The summed E-state index contributed by atoms with van der Waals surface area (Å²) in [5, 5.41) is 0.477. The number of alkyl halides is 3. The molecule has 0 saturated carbocycles.